The van der Waals surface area contributed by atoms with Gasteiger partial charge in [-0.2, -0.15) is 0 Å². The molecular weight excluding hydrogens is 222 g/mol. The Kier molecular flexibility index (Phi) is 3.53. The summed E-state index contributed by atoms with van der Waals surface area (Å²) in [6.45, 7) is 0. The van der Waals surface area contributed by atoms with Gasteiger partial charge in [-0.1, -0.05) is 23.7 Å². The minimum Gasteiger partial charge on any atom is -0.323 e. The van der Waals surface area contributed by atoms with Crippen LogP contribution in [0.3, 0.4) is 0 Å². The van der Waals surface area contributed by atoms with Gasteiger partial charge >= 0.3 is 0 Å². The van der Waals surface area contributed by atoms with Crippen molar-refractivity contribution in [1.29, 1.82) is 0 Å². The number of halogens is 1. The number of hydrogen-bond donors (Lipinski definition) is 1. The second kappa shape index (κ2) is 4.29. The fraction of sp³-hybridized carbons (Fsp3) is 0.333. The first-order chi connectivity index (χ1) is 6.38. The third kappa shape index (κ3) is 3.65. The lowest BCUT2D eigenvalue weighted by Gasteiger charge is -2.10. The summed E-state index contributed by atoms with van der Waals surface area (Å²) in [5, 5.41) is 0.611. The molecule has 0 heterocycles. The largest absolute Gasteiger partial charge is 0.323 e. The smallest absolute Gasteiger partial charge is 0.149 e. The van der Waals surface area contributed by atoms with Crippen LogP contribution in [0.2, 0.25) is 5.02 Å². The molecule has 0 aliphatic heterocycles. The Labute approximate surface area is 88.8 Å². The maximum atomic E-state index is 11.0. The van der Waals surface area contributed by atoms with Crippen molar-refractivity contribution in [2.24, 2.45) is 5.73 Å². The summed E-state index contributed by atoms with van der Waals surface area (Å²) < 4.78 is 22.0. The molecule has 3 nitrogen and oxygen atoms in total. The van der Waals surface area contributed by atoms with E-state index in [1.807, 2.05) is 0 Å². The van der Waals surface area contributed by atoms with E-state index in [-0.39, 0.29) is 5.75 Å². The quantitative estimate of drug-likeness (QED) is 0.858. The van der Waals surface area contributed by atoms with Gasteiger partial charge < -0.3 is 5.73 Å². The van der Waals surface area contributed by atoms with Gasteiger partial charge in [0.05, 0.1) is 5.75 Å². The van der Waals surface area contributed by atoms with Crippen molar-refractivity contribution in [3.05, 3.63) is 34.9 Å². The lowest BCUT2D eigenvalue weighted by atomic mass is 10.1. The first-order valence-corrected chi connectivity index (χ1v) is 6.51. The highest BCUT2D eigenvalue weighted by molar-refractivity contribution is 7.90. The molecule has 1 aromatic rings. The highest BCUT2D eigenvalue weighted by atomic mass is 35.5. The van der Waals surface area contributed by atoms with E-state index in [0.29, 0.717) is 5.02 Å². The fourth-order valence-corrected chi connectivity index (χ4v) is 2.10. The topological polar surface area (TPSA) is 60.2 Å². The summed E-state index contributed by atoms with van der Waals surface area (Å²) in [5.41, 5.74) is 6.49. The molecule has 0 spiro atoms. The van der Waals surface area contributed by atoms with Crippen LogP contribution in [0.1, 0.15) is 11.6 Å². The van der Waals surface area contributed by atoms with Gasteiger partial charge in [0.2, 0.25) is 0 Å². The van der Waals surface area contributed by atoms with E-state index in [2.05, 4.69) is 0 Å². The molecule has 5 heteroatoms. The number of nitrogens with two attached hydrogens (primary N) is 1. The fourth-order valence-electron chi connectivity index (χ4n) is 1.13. The molecule has 0 bridgehead atoms. The summed E-state index contributed by atoms with van der Waals surface area (Å²) >= 11 is 5.69. The van der Waals surface area contributed by atoms with Gasteiger partial charge in [0.1, 0.15) is 9.84 Å². The van der Waals surface area contributed by atoms with E-state index >= 15 is 0 Å². The zero-order valence-corrected chi connectivity index (χ0v) is 9.35. The van der Waals surface area contributed by atoms with Gasteiger partial charge in [-0.05, 0) is 17.7 Å². The molecular formula is C9H12ClNO2S. The molecule has 1 unspecified atom stereocenters. The maximum absolute atomic E-state index is 11.0. The monoisotopic (exact) mass is 233 g/mol. The van der Waals surface area contributed by atoms with Crippen LogP contribution >= 0.6 is 11.6 Å². The first kappa shape index (κ1) is 11.5. The average molecular weight is 234 g/mol. The summed E-state index contributed by atoms with van der Waals surface area (Å²) in [6.07, 6.45) is 1.17. The second-order valence-corrected chi connectivity index (χ2v) is 5.87. The zero-order chi connectivity index (χ0) is 10.8. The second-order valence-electron chi connectivity index (χ2n) is 3.25. The first-order valence-electron chi connectivity index (χ1n) is 4.07. The Balaban J connectivity index is 2.80. The minimum absolute atomic E-state index is 0.0470. The Morgan fingerprint density at radius 1 is 1.36 bits per heavy atom. The van der Waals surface area contributed by atoms with Gasteiger partial charge in [0.25, 0.3) is 0 Å². The number of hydrogen-bond acceptors (Lipinski definition) is 3. The molecule has 0 saturated heterocycles. The predicted octanol–water partition coefficient (Wildman–Crippen LogP) is 1.38. The van der Waals surface area contributed by atoms with E-state index in [0.717, 1.165) is 5.56 Å². The van der Waals surface area contributed by atoms with Crippen molar-refractivity contribution in [2.45, 2.75) is 6.04 Å². The van der Waals surface area contributed by atoms with Crippen LogP contribution in [0.25, 0.3) is 0 Å². The van der Waals surface area contributed by atoms with Crippen LogP contribution in [-0.4, -0.2) is 20.4 Å². The molecule has 1 rings (SSSR count). The van der Waals surface area contributed by atoms with Gasteiger partial charge in [0, 0.05) is 17.3 Å². The molecule has 1 aromatic carbocycles. The van der Waals surface area contributed by atoms with Crippen molar-refractivity contribution in [2.75, 3.05) is 12.0 Å². The SMILES string of the molecule is CS(=O)(=O)CC(N)c1ccc(Cl)cc1. The molecule has 0 aliphatic rings. The highest BCUT2D eigenvalue weighted by Crippen LogP contribution is 2.15. The number of rotatable bonds is 3. The average Bonchev–Trinajstić information content (AvgIpc) is 2.02. The number of sulfone groups is 1. The Hall–Kier alpha value is -0.580. The molecule has 0 radical (unpaired) electrons. The van der Waals surface area contributed by atoms with E-state index in [1.165, 1.54) is 6.26 Å². The van der Waals surface area contributed by atoms with Crippen LogP contribution in [0.15, 0.2) is 24.3 Å². The van der Waals surface area contributed by atoms with Crippen LogP contribution in [0.4, 0.5) is 0 Å². The molecule has 0 aliphatic carbocycles. The molecule has 0 fully saturated rings. The standard InChI is InChI=1S/C9H12ClNO2S/c1-14(12,13)6-9(11)7-2-4-8(10)5-3-7/h2-5,9H,6,11H2,1H3. The van der Waals surface area contributed by atoms with Crippen LogP contribution in [0, 0.1) is 0 Å². The highest BCUT2D eigenvalue weighted by Gasteiger charge is 2.12. The van der Waals surface area contributed by atoms with Crippen molar-refractivity contribution in [3.63, 3.8) is 0 Å². The van der Waals surface area contributed by atoms with E-state index in [9.17, 15) is 8.42 Å². The van der Waals surface area contributed by atoms with Crippen LogP contribution < -0.4 is 5.73 Å². The van der Waals surface area contributed by atoms with Crippen molar-refractivity contribution >= 4 is 21.4 Å². The Morgan fingerprint density at radius 2 is 1.86 bits per heavy atom. The van der Waals surface area contributed by atoms with Crippen molar-refractivity contribution in [1.82, 2.24) is 0 Å². The lowest BCUT2D eigenvalue weighted by Crippen LogP contribution is -2.20. The molecule has 14 heavy (non-hydrogen) atoms. The summed E-state index contributed by atoms with van der Waals surface area (Å²) in [6, 6.07) is 6.37. The minimum atomic E-state index is -3.04. The van der Waals surface area contributed by atoms with Gasteiger partial charge in [-0.3, -0.25) is 0 Å². The van der Waals surface area contributed by atoms with Crippen LogP contribution in [0.5, 0.6) is 0 Å². The molecule has 2 N–H and O–H groups in total. The van der Waals surface area contributed by atoms with Gasteiger partial charge in [0.15, 0.2) is 0 Å². The zero-order valence-electron chi connectivity index (χ0n) is 7.77. The lowest BCUT2D eigenvalue weighted by molar-refractivity contribution is 0.595. The van der Waals surface area contributed by atoms with Gasteiger partial charge in [-0.25, -0.2) is 8.42 Å². The van der Waals surface area contributed by atoms with E-state index < -0.39 is 15.9 Å². The summed E-state index contributed by atoms with van der Waals surface area (Å²) in [5.74, 6) is -0.0470. The third-order valence-electron chi connectivity index (χ3n) is 1.78. The van der Waals surface area contributed by atoms with E-state index in [4.69, 9.17) is 17.3 Å². The van der Waals surface area contributed by atoms with Crippen molar-refractivity contribution < 1.29 is 8.42 Å². The molecule has 0 amide bonds. The summed E-state index contributed by atoms with van der Waals surface area (Å²) in [4.78, 5) is 0. The van der Waals surface area contributed by atoms with Crippen molar-refractivity contribution in [3.8, 4) is 0 Å². The predicted molar refractivity (Wildman–Crippen MR) is 58.1 cm³/mol. The third-order valence-corrected chi connectivity index (χ3v) is 3.00. The molecule has 0 aromatic heterocycles. The maximum Gasteiger partial charge on any atom is 0.149 e. The van der Waals surface area contributed by atoms with Crippen LogP contribution in [-0.2, 0) is 9.84 Å². The number of benzene rings is 1. The Morgan fingerprint density at radius 3 is 2.29 bits per heavy atom. The summed E-state index contributed by atoms with van der Waals surface area (Å²) in [7, 11) is -3.04. The Bertz CT molecular complexity index is 399. The molecule has 78 valence electrons. The normalized spacial score (nSPS) is 13.9. The van der Waals surface area contributed by atoms with Gasteiger partial charge in [-0.15, -0.1) is 0 Å². The van der Waals surface area contributed by atoms with E-state index in [1.54, 1.807) is 24.3 Å². The molecule has 0 saturated carbocycles. The molecule has 1 atom stereocenters.